The largest absolute Gasteiger partial charge is 0.496 e. The number of halogens is 8. The predicted molar refractivity (Wildman–Crippen MR) is 476 cm³/mol. The number of anilines is 4. The van der Waals surface area contributed by atoms with Crippen LogP contribution in [0.4, 0.5) is 43.9 Å². The van der Waals surface area contributed by atoms with Gasteiger partial charge >= 0.3 is 14.2 Å². The van der Waals surface area contributed by atoms with E-state index in [9.17, 15) is 17.6 Å². The van der Waals surface area contributed by atoms with E-state index in [2.05, 4.69) is 101 Å². The number of rotatable bonds is 8. The summed E-state index contributed by atoms with van der Waals surface area (Å²) in [5.41, 5.74) is 40.2. The molecule has 0 bridgehead atoms. The summed E-state index contributed by atoms with van der Waals surface area (Å²) in [5.74, 6) is -0.476. The Kier molecular flexibility index (Phi) is 28.7. The fourth-order valence-electron chi connectivity index (χ4n) is 11.8. The van der Waals surface area contributed by atoms with E-state index >= 15 is 4.39 Å². The lowest BCUT2D eigenvalue weighted by Gasteiger charge is -2.32. The molecule has 7 aromatic heterocycles. The van der Waals surface area contributed by atoms with Gasteiger partial charge in [-0.1, -0.05) is 99.3 Å². The molecule has 0 radical (unpaired) electrons. The Labute approximate surface area is 720 Å². The van der Waals surface area contributed by atoms with Gasteiger partial charge in [-0.25, -0.2) is 56.8 Å². The number of hydrogen-bond donors (Lipinski definition) is 6. The summed E-state index contributed by atoms with van der Waals surface area (Å²) in [7, 11) is -1.86. The van der Waals surface area contributed by atoms with Crippen LogP contribution in [0.25, 0.3) is 84.5 Å². The van der Waals surface area contributed by atoms with Crippen LogP contribution in [0.1, 0.15) is 83.3 Å². The Bertz CT molecular complexity index is 6480. The number of nitrogens with zero attached hydrogens (tertiary/aromatic N) is 11. The number of pyridine rings is 2. The van der Waals surface area contributed by atoms with E-state index in [0.29, 0.717) is 159 Å². The summed E-state index contributed by atoms with van der Waals surface area (Å²) >= 11 is 16.8. The van der Waals surface area contributed by atoms with Crippen molar-refractivity contribution in [3.8, 4) is 57.7 Å². The molecule has 0 spiro atoms. The summed E-state index contributed by atoms with van der Waals surface area (Å²) in [6, 6.07) is 51.3. The van der Waals surface area contributed by atoms with E-state index in [0.717, 1.165) is 34.5 Å². The van der Waals surface area contributed by atoms with Gasteiger partial charge in [-0.3, -0.25) is 0 Å². The molecular weight excluding hydrogens is 1800 g/mol. The Hall–Kier alpha value is -11.1. The van der Waals surface area contributed by atoms with Crippen LogP contribution >= 0.6 is 104 Å². The van der Waals surface area contributed by atoms with Crippen molar-refractivity contribution in [2.45, 2.75) is 71.4 Å². The van der Waals surface area contributed by atoms with Crippen molar-refractivity contribution >= 4 is 203 Å². The highest BCUT2D eigenvalue weighted by atomic mass is 79.9. The molecule has 0 unspecified atom stereocenters. The third-order valence-corrected chi connectivity index (χ3v) is 24.5. The first-order valence-electron chi connectivity index (χ1n) is 35.2. The van der Waals surface area contributed by atoms with Gasteiger partial charge in [0.1, 0.15) is 51.8 Å². The molecule has 17 rings (SSSR count). The number of alkyl halides is 1. The van der Waals surface area contributed by atoms with Crippen molar-refractivity contribution in [1.29, 1.82) is 21.0 Å². The van der Waals surface area contributed by atoms with Crippen LogP contribution in [-0.2, 0) is 21.1 Å². The smallest absolute Gasteiger partial charge is 0.423 e. The minimum absolute atomic E-state index is 0.266. The van der Waals surface area contributed by atoms with Crippen LogP contribution < -0.4 is 33.9 Å². The van der Waals surface area contributed by atoms with E-state index < -0.39 is 7.12 Å². The van der Waals surface area contributed by atoms with Crippen LogP contribution in [-0.4, -0.2) is 70.4 Å². The van der Waals surface area contributed by atoms with E-state index in [1.807, 2.05) is 58.0 Å². The highest BCUT2D eigenvalue weighted by Crippen LogP contribution is 2.41. The molecule has 19 nitrogen and oxygen atoms in total. The van der Waals surface area contributed by atoms with Gasteiger partial charge in [-0.15, -0.1) is 34.0 Å². The highest BCUT2D eigenvalue weighted by Gasteiger charge is 2.52. The third-order valence-electron chi connectivity index (χ3n) is 18.4. The monoisotopic (exact) mass is 1860 g/mol. The molecule has 8 heterocycles. The Morgan fingerprint density at radius 1 is 0.458 bits per heavy atom. The predicted octanol–water partition coefficient (Wildman–Crippen LogP) is 20.1. The molecular formula is C84H65B2Br3F5N15O4S5. The molecule has 118 heavy (non-hydrogen) atoms. The maximum Gasteiger partial charge on any atom is 0.496 e. The first kappa shape index (κ1) is 87.8. The lowest BCUT2D eigenvalue weighted by molar-refractivity contribution is 0.00578. The average molecular weight is 1870 g/mol. The highest BCUT2D eigenvalue weighted by molar-refractivity contribution is 9.11. The number of fused-ring (bicyclic) bond motifs is 5. The van der Waals surface area contributed by atoms with Gasteiger partial charge in [0.15, 0.2) is 10.3 Å². The minimum Gasteiger partial charge on any atom is -0.423 e. The van der Waals surface area contributed by atoms with Crippen LogP contribution in [0.2, 0.25) is 0 Å². The molecule has 16 aromatic rings. The maximum absolute atomic E-state index is 15.4. The summed E-state index contributed by atoms with van der Waals surface area (Å²) in [6.45, 7) is 13.3. The quantitative estimate of drug-likeness (QED) is 0.0467. The van der Waals surface area contributed by atoms with Gasteiger partial charge < -0.3 is 42.3 Å². The van der Waals surface area contributed by atoms with E-state index in [1.54, 1.807) is 171 Å². The van der Waals surface area contributed by atoms with E-state index in [4.69, 9.17) is 63.3 Å². The number of hydrogen-bond acceptors (Lipinski definition) is 24. The SMILES string of the molecule is CC1(C)OB(c2ccc(N)nc2)OC1(C)C.Cc1cc2sc(N)nc2c(Br)c1F.Cc1cc2sc(N)nc2c(Br)c1F.Cc1cc2scnc2c(-c2cccc(C#N)c2)c1F.N#Cc1cccc(-c2c(F)c(CBr)cc3scnc23)c1.N#Cc1cccc(-c2c(F)c(Cc3ccc(N)nc3)cc3scnc23)c1.N#Cc1cccc(B(O)O)c1. The van der Waals surface area contributed by atoms with Gasteiger partial charge in [-0.2, -0.15) is 21.0 Å². The molecule has 1 fully saturated rings. The normalized spacial score (nSPS) is 12.2. The van der Waals surface area contributed by atoms with Crippen molar-refractivity contribution in [1.82, 2.24) is 34.9 Å². The molecule has 1 saturated heterocycles. The molecule has 1 aliphatic rings. The van der Waals surface area contributed by atoms with Crippen molar-refractivity contribution < 1.29 is 41.3 Å². The Morgan fingerprint density at radius 3 is 1.25 bits per heavy atom. The van der Waals surface area contributed by atoms with Crippen molar-refractivity contribution in [2.24, 2.45) is 0 Å². The standard InChI is InChI=1S/C20H13FN4S.C15H8BrFN2S.C15H9FN2S.C11H17BN2O2.2C8H6BrFN2S.C7H6BNO2/c21-19-15(7-13-4-5-17(23)24-10-13)8-16-20(25-11-26-16)18(19)14-3-1-2-12(6-14)9-22;16-6-11-5-12-15(19-8-20-12)13(14(11)17)10-3-1-2-9(4-10)7-18;1-9-5-12-15(18-8-19-12)13(14(9)16)11-4-2-3-10(6-11)7-17;1-10(2)11(3,4)16-12(15-10)8-5-6-9(13)14-7-8;2*1-3-2-4-7(5(9)6(3)10)12-8(11)13-4;9-5-6-2-1-3-7(4-6)8(10)11/h1-6,8,10-11H,7H2,(H2,23,24);1-5,8H,6H2;2-6,8H,1H3;5-7H,1-4H3,(H2,13,14);2*2H,1H3,(H2,11,12);1-4,10-11H. The summed E-state index contributed by atoms with van der Waals surface area (Å²) < 4.78 is 88.3. The number of benzene rings is 9. The lowest BCUT2D eigenvalue weighted by Crippen LogP contribution is -2.41. The van der Waals surface area contributed by atoms with E-state index in [1.165, 1.54) is 62.8 Å². The summed E-state index contributed by atoms with van der Waals surface area (Å²) in [5, 5.41) is 54.3. The average Bonchev–Trinajstić information content (AvgIpc) is 1.82. The van der Waals surface area contributed by atoms with Crippen LogP contribution in [0.15, 0.2) is 190 Å². The zero-order chi connectivity index (χ0) is 85.0. The molecule has 0 amide bonds. The number of nitrogen functional groups attached to an aromatic ring is 4. The first-order chi connectivity index (χ1) is 56.3. The molecule has 592 valence electrons. The van der Waals surface area contributed by atoms with Crippen molar-refractivity contribution in [3.63, 3.8) is 0 Å². The molecule has 1 aliphatic heterocycles. The lowest BCUT2D eigenvalue weighted by atomic mass is 9.80. The van der Waals surface area contributed by atoms with Crippen molar-refractivity contribution in [2.75, 3.05) is 22.9 Å². The van der Waals surface area contributed by atoms with Gasteiger partial charge in [0.2, 0.25) is 0 Å². The molecule has 10 N–H and O–H groups in total. The second-order valence-corrected chi connectivity index (χ2v) is 34.0. The number of nitrogens with two attached hydrogens (primary N) is 4. The van der Waals surface area contributed by atoms with Gasteiger partial charge in [0.25, 0.3) is 0 Å². The molecule has 34 heteroatoms. The summed E-state index contributed by atoms with van der Waals surface area (Å²) in [6.07, 6.45) is 3.75. The maximum atomic E-state index is 15.4. The summed E-state index contributed by atoms with van der Waals surface area (Å²) in [4.78, 5) is 29.0. The van der Waals surface area contributed by atoms with Gasteiger partial charge in [0, 0.05) is 51.9 Å². The Morgan fingerprint density at radius 2 is 0.839 bits per heavy atom. The van der Waals surface area contributed by atoms with Crippen LogP contribution in [0, 0.1) is 95.2 Å². The van der Waals surface area contributed by atoms with Crippen molar-refractivity contribution in [3.05, 3.63) is 274 Å². The number of thiazole rings is 5. The molecule has 0 atom stereocenters. The number of nitriles is 4. The van der Waals surface area contributed by atoms with Gasteiger partial charge in [0.05, 0.1) is 123 Å². The zero-order valence-corrected chi connectivity index (χ0v) is 72.2. The van der Waals surface area contributed by atoms with Gasteiger partial charge in [-0.05, 0) is 221 Å². The number of aryl methyl sites for hydroxylation is 3. The number of aromatic nitrogens is 7. The third kappa shape index (κ3) is 20.4. The topological polar surface area (TPSA) is 348 Å². The minimum atomic E-state index is -1.50. The fraction of sp³-hybridized carbons (Fsp3) is 0.131. The van der Waals surface area contributed by atoms with Crippen LogP contribution in [0.5, 0.6) is 0 Å². The second kappa shape index (κ2) is 38.6. The fourth-order valence-corrected chi connectivity index (χ4v) is 17.6. The van der Waals surface area contributed by atoms with E-state index in [-0.39, 0.29) is 47.4 Å². The Balaban J connectivity index is 0.000000137. The van der Waals surface area contributed by atoms with Crippen LogP contribution in [0.3, 0.4) is 0 Å². The molecule has 0 aliphatic carbocycles. The first-order valence-corrected chi connectivity index (χ1v) is 42.2. The molecule has 9 aromatic carbocycles. The second-order valence-electron chi connectivity index (χ2n) is 27.1. The zero-order valence-electron chi connectivity index (χ0n) is 63.4. The molecule has 0 saturated carbocycles.